The van der Waals surface area contributed by atoms with Gasteiger partial charge in [0.1, 0.15) is 0 Å². The van der Waals surface area contributed by atoms with Gasteiger partial charge in [-0.25, -0.2) is 0 Å². The molecule has 2 rings (SSSR count). The Morgan fingerprint density at radius 3 is 1.94 bits per heavy atom. The van der Waals surface area contributed by atoms with Crippen LogP contribution in [0, 0.1) is 0 Å². The van der Waals surface area contributed by atoms with E-state index < -0.39 is 0 Å². The molecule has 0 heterocycles. The number of halogens is 1. The van der Waals surface area contributed by atoms with E-state index in [1.807, 2.05) is 0 Å². The lowest BCUT2D eigenvalue weighted by molar-refractivity contribution is 0.464. The summed E-state index contributed by atoms with van der Waals surface area (Å²) in [5.74, 6) is 0. The van der Waals surface area contributed by atoms with Gasteiger partial charge in [0, 0.05) is 10.7 Å². The van der Waals surface area contributed by atoms with Crippen molar-refractivity contribution < 1.29 is 0 Å². The number of rotatable bonds is 5. The highest BCUT2D eigenvalue weighted by atomic mass is 79.9. The van der Waals surface area contributed by atoms with Crippen molar-refractivity contribution in [3.05, 3.63) is 71.8 Å². The summed E-state index contributed by atoms with van der Waals surface area (Å²) in [6.45, 7) is 2.28. The first-order chi connectivity index (χ1) is 8.80. The van der Waals surface area contributed by atoms with Crippen LogP contribution in [0.2, 0.25) is 0 Å². The molecule has 0 bridgehead atoms. The normalized spacial score (nSPS) is 14.1. The summed E-state index contributed by atoms with van der Waals surface area (Å²) in [6, 6.07) is 21.6. The van der Waals surface area contributed by atoms with Crippen LogP contribution in [0.25, 0.3) is 0 Å². The van der Waals surface area contributed by atoms with Crippen LogP contribution in [0.15, 0.2) is 60.7 Å². The summed E-state index contributed by atoms with van der Waals surface area (Å²) in [7, 11) is 0. The molecule has 1 heteroatoms. The van der Waals surface area contributed by atoms with Crippen molar-refractivity contribution in [3.63, 3.8) is 0 Å². The third-order valence-corrected chi connectivity index (χ3v) is 4.78. The number of hydrogen-bond donors (Lipinski definition) is 0. The minimum atomic E-state index is 0.197. The Kier molecular flexibility index (Phi) is 4.60. The highest BCUT2D eigenvalue weighted by molar-refractivity contribution is 9.09. The maximum atomic E-state index is 3.73. The van der Waals surface area contributed by atoms with Gasteiger partial charge in [-0.3, -0.25) is 0 Å². The minimum Gasteiger partial charge on any atom is -0.0918 e. The molecule has 0 amide bonds. The molecule has 18 heavy (non-hydrogen) atoms. The van der Waals surface area contributed by atoms with E-state index in [-0.39, 0.29) is 5.41 Å². The van der Waals surface area contributed by atoms with Gasteiger partial charge in [-0.05, 0) is 24.0 Å². The van der Waals surface area contributed by atoms with E-state index in [0.29, 0.717) is 0 Å². The molecule has 0 aliphatic rings. The lowest BCUT2D eigenvalue weighted by Crippen LogP contribution is -2.30. The fraction of sp³-hybridized carbons (Fsp3) is 0.294. The van der Waals surface area contributed by atoms with Crippen LogP contribution in [0.4, 0.5) is 0 Å². The topological polar surface area (TPSA) is 0 Å². The third kappa shape index (κ3) is 2.84. The van der Waals surface area contributed by atoms with Gasteiger partial charge in [0.05, 0.1) is 0 Å². The van der Waals surface area contributed by atoms with Crippen molar-refractivity contribution in [1.29, 1.82) is 0 Å². The van der Waals surface area contributed by atoms with E-state index >= 15 is 0 Å². The zero-order valence-electron chi connectivity index (χ0n) is 10.8. The molecule has 1 atom stereocenters. The highest BCUT2D eigenvalue weighted by Crippen LogP contribution is 2.33. The third-order valence-electron chi connectivity index (χ3n) is 3.70. The van der Waals surface area contributed by atoms with Crippen LogP contribution in [-0.4, -0.2) is 5.33 Å². The second-order valence-corrected chi connectivity index (χ2v) is 5.36. The van der Waals surface area contributed by atoms with Crippen LogP contribution in [-0.2, 0) is 11.8 Å². The Balaban J connectivity index is 2.33. The monoisotopic (exact) mass is 302 g/mol. The van der Waals surface area contributed by atoms with Gasteiger partial charge >= 0.3 is 0 Å². The van der Waals surface area contributed by atoms with Gasteiger partial charge in [0.25, 0.3) is 0 Å². The summed E-state index contributed by atoms with van der Waals surface area (Å²) >= 11 is 3.73. The smallest absolute Gasteiger partial charge is 0.0132 e. The molecule has 0 radical (unpaired) electrons. The Hall–Kier alpha value is -1.08. The van der Waals surface area contributed by atoms with Crippen molar-refractivity contribution in [3.8, 4) is 0 Å². The predicted molar refractivity (Wildman–Crippen MR) is 82.4 cm³/mol. The van der Waals surface area contributed by atoms with Crippen LogP contribution in [0.5, 0.6) is 0 Å². The molecule has 0 saturated heterocycles. The van der Waals surface area contributed by atoms with Crippen molar-refractivity contribution in [2.24, 2.45) is 0 Å². The first kappa shape index (κ1) is 13.4. The fourth-order valence-electron chi connectivity index (χ4n) is 2.43. The molecule has 0 aliphatic heterocycles. The molecule has 94 valence electrons. The maximum absolute atomic E-state index is 3.73. The average Bonchev–Trinajstić information content (AvgIpc) is 2.47. The lowest BCUT2D eigenvalue weighted by Gasteiger charge is -2.32. The Morgan fingerprint density at radius 1 is 0.889 bits per heavy atom. The largest absolute Gasteiger partial charge is 0.0918 e. The zero-order valence-corrected chi connectivity index (χ0v) is 12.4. The average molecular weight is 303 g/mol. The zero-order chi connectivity index (χ0) is 12.8. The molecule has 0 N–H and O–H groups in total. The second kappa shape index (κ2) is 6.19. The van der Waals surface area contributed by atoms with Gasteiger partial charge in [-0.1, -0.05) is 83.5 Å². The van der Waals surface area contributed by atoms with Crippen molar-refractivity contribution in [1.82, 2.24) is 0 Å². The molecule has 0 nitrogen and oxygen atoms in total. The van der Waals surface area contributed by atoms with Crippen molar-refractivity contribution >= 4 is 15.9 Å². The van der Waals surface area contributed by atoms with E-state index in [2.05, 4.69) is 83.5 Å². The highest BCUT2D eigenvalue weighted by Gasteiger charge is 2.29. The first-order valence-corrected chi connectivity index (χ1v) is 7.58. The molecule has 1 unspecified atom stereocenters. The van der Waals surface area contributed by atoms with E-state index in [1.54, 1.807) is 0 Å². The molecular weight excluding hydrogens is 284 g/mol. The van der Waals surface area contributed by atoms with Crippen LogP contribution < -0.4 is 0 Å². The maximum Gasteiger partial charge on any atom is 0.0132 e. The lowest BCUT2D eigenvalue weighted by atomic mass is 9.75. The van der Waals surface area contributed by atoms with Crippen LogP contribution in [0.1, 0.15) is 24.5 Å². The van der Waals surface area contributed by atoms with Gasteiger partial charge in [0.2, 0.25) is 0 Å². The molecule has 0 fully saturated rings. The standard InChI is InChI=1S/C17H19Br/c1-2-17(14-18,16-11-7-4-8-12-16)13-15-9-5-3-6-10-15/h3-12H,2,13-14H2,1H3. The predicted octanol–water partition coefficient (Wildman–Crippen LogP) is 4.97. The Labute approximate surface area is 118 Å². The van der Waals surface area contributed by atoms with E-state index in [1.165, 1.54) is 11.1 Å². The second-order valence-electron chi connectivity index (χ2n) is 4.80. The van der Waals surface area contributed by atoms with E-state index in [4.69, 9.17) is 0 Å². The van der Waals surface area contributed by atoms with Crippen LogP contribution >= 0.6 is 15.9 Å². The van der Waals surface area contributed by atoms with Gasteiger partial charge in [0.15, 0.2) is 0 Å². The molecule has 0 aliphatic carbocycles. The minimum absolute atomic E-state index is 0.197. The summed E-state index contributed by atoms with van der Waals surface area (Å²) in [5.41, 5.74) is 3.03. The Bertz CT molecular complexity index is 457. The molecule has 0 saturated carbocycles. The number of hydrogen-bond acceptors (Lipinski definition) is 0. The summed E-state index contributed by atoms with van der Waals surface area (Å²) in [5, 5.41) is 0.995. The summed E-state index contributed by atoms with van der Waals surface area (Å²) in [4.78, 5) is 0. The number of benzene rings is 2. The van der Waals surface area contributed by atoms with E-state index in [0.717, 1.165) is 18.2 Å². The van der Waals surface area contributed by atoms with Gasteiger partial charge < -0.3 is 0 Å². The molecule has 0 spiro atoms. The fourth-order valence-corrected chi connectivity index (χ4v) is 3.35. The summed E-state index contributed by atoms with van der Waals surface area (Å²) in [6.07, 6.45) is 2.22. The quantitative estimate of drug-likeness (QED) is 0.684. The van der Waals surface area contributed by atoms with E-state index in [9.17, 15) is 0 Å². The van der Waals surface area contributed by atoms with Gasteiger partial charge in [-0.2, -0.15) is 0 Å². The SMILES string of the molecule is CCC(CBr)(Cc1ccccc1)c1ccccc1. The Morgan fingerprint density at radius 2 is 1.44 bits per heavy atom. The molecule has 2 aromatic carbocycles. The van der Waals surface area contributed by atoms with Gasteiger partial charge in [-0.15, -0.1) is 0 Å². The molecular formula is C17H19Br. The summed E-state index contributed by atoms with van der Waals surface area (Å²) < 4.78 is 0. The first-order valence-electron chi connectivity index (χ1n) is 6.46. The van der Waals surface area contributed by atoms with Crippen molar-refractivity contribution in [2.45, 2.75) is 25.2 Å². The van der Waals surface area contributed by atoms with Crippen LogP contribution in [0.3, 0.4) is 0 Å². The molecule has 2 aromatic rings. The molecule has 0 aromatic heterocycles. The number of alkyl halides is 1. The van der Waals surface area contributed by atoms with Crippen molar-refractivity contribution in [2.75, 3.05) is 5.33 Å².